The van der Waals surface area contributed by atoms with Crippen LogP contribution in [0.1, 0.15) is 28.4 Å². The molecule has 1 unspecified atom stereocenters. The van der Waals surface area contributed by atoms with Crippen molar-refractivity contribution in [3.63, 3.8) is 0 Å². The maximum atomic E-state index is 11.4. The second-order valence-corrected chi connectivity index (χ2v) is 4.74. The Labute approximate surface area is 104 Å². The van der Waals surface area contributed by atoms with E-state index in [2.05, 4.69) is 10.6 Å². The average molecular weight is 256 g/mol. The highest BCUT2D eigenvalue weighted by molar-refractivity contribution is 7.13. The van der Waals surface area contributed by atoms with Crippen LogP contribution >= 0.6 is 11.3 Å². The lowest BCUT2D eigenvalue weighted by Crippen LogP contribution is -2.41. The quantitative estimate of drug-likeness (QED) is 0.711. The van der Waals surface area contributed by atoms with Crippen LogP contribution in [0.4, 0.5) is 0 Å². The van der Waals surface area contributed by atoms with Crippen molar-refractivity contribution in [1.82, 2.24) is 10.6 Å². The van der Waals surface area contributed by atoms with Gasteiger partial charge in [0, 0.05) is 18.0 Å². The number of rotatable bonds is 6. The first-order chi connectivity index (χ1) is 8.04. The van der Waals surface area contributed by atoms with E-state index >= 15 is 0 Å². The molecule has 1 atom stereocenters. The molecule has 0 aliphatic heterocycles. The second kappa shape index (κ2) is 6.36. The van der Waals surface area contributed by atoms with Crippen molar-refractivity contribution in [2.45, 2.75) is 26.4 Å². The SMILES string of the molecule is CCNC(=O)C(C)NCc1ccc(C(=O)O)s1. The molecular formula is C11H16N2O3S. The van der Waals surface area contributed by atoms with Gasteiger partial charge < -0.3 is 15.7 Å². The highest BCUT2D eigenvalue weighted by Crippen LogP contribution is 2.16. The number of carboxylic acids is 1. The van der Waals surface area contributed by atoms with E-state index in [9.17, 15) is 9.59 Å². The molecule has 6 heteroatoms. The minimum Gasteiger partial charge on any atom is -0.477 e. The molecule has 0 fully saturated rings. The van der Waals surface area contributed by atoms with Crippen LogP contribution in [-0.2, 0) is 11.3 Å². The average Bonchev–Trinajstić information content (AvgIpc) is 2.75. The summed E-state index contributed by atoms with van der Waals surface area (Å²) in [4.78, 5) is 23.3. The smallest absolute Gasteiger partial charge is 0.345 e. The van der Waals surface area contributed by atoms with Gasteiger partial charge in [0.05, 0.1) is 6.04 Å². The minimum absolute atomic E-state index is 0.0532. The molecule has 1 aromatic heterocycles. The largest absolute Gasteiger partial charge is 0.477 e. The van der Waals surface area contributed by atoms with Crippen molar-refractivity contribution in [2.75, 3.05) is 6.54 Å². The van der Waals surface area contributed by atoms with E-state index in [-0.39, 0.29) is 11.9 Å². The van der Waals surface area contributed by atoms with Gasteiger partial charge in [-0.25, -0.2) is 4.79 Å². The number of amides is 1. The van der Waals surface area contributed by atoms with Crippen LogP contribution in [0.25, 0.3) is 0 Å². The lowest BCUT2D eigenvalue weighted by Gasteiger charge is -2.12. The van der Waals surface area contributed by atoms with Crippen LogP contribution < -0.4 is 10.6 Å². The summed E-state index contributed by atoms with van der Waals surface area (Å²) in [6, 6.07) is 3.04. The number of carbonyl (C=O) groups excluding carboxylic acids is 1. The summed E-state index contributed by atoms with van der Waals surface area (Å²) < 4.78 is 0. The van der Waals surface area contributed by atoms with Crippen molar-refractivity contribution in [3.8, 4) is 0 Å². The Bertz CT molecular complexity index is 403. The Hall–Kier alpha value is -1.40. The van der Waals surface area contributed by atoms with Gasteiger partial charge in [-0.3, -0.25) is 4.79 Å². The van der Waals surface area contributed by atoms with E-state index < -0.39 is 5.97 Å². The van der Waals surface area contributed by atoms with Gasteiger partial charge in [-0.05, 0) is 26.0 Å². The third-order valence-corrected chi connectivity index (χ3v) is 3.27. The summed E-state index contributed by atoms with van der Waals surface area (Å²) in [6.07, 6.45) is 0. The van der Waals surface area contributed by atoms with Crippen molar-refractivity contribution in [2.24, 2.45) is 0 Å². The summed E-state index contributed by atoms with van der Waals surface area (Å²) in [6.45, 7) is 4.74. The lowest BCUT2D eigenvalue weighted by atomic mass is 10.3. The predicted molar refractivity (Wildman–Crippen MR) is 66.3 cm³/mol. The Kier molecular flexibility index (Phi) is 5.11. The molecular weight excluding hydrogens is 240 g/mol. The molecule has 0 saturated carbocycles. The molecule has 0 aromatic carbocycles. The van der Waals surface area contributed by atoms with Crippen LogP contribution in [0.5, 0.6) is 0 Å². The molecule has 5 nitrogen and oxygen atoms in total. The topological polar surface area (TPSA) is 78.4 Å². The van der Waals surface area contributed by atoms with Crippen LogP contribution in [0, 0.1) is 0 Å². The van der Waals surface area contributed by atoms with E-state index in [1.165, 1.54) is 11.3 Å². The van der Waals surface area contributed by atoms with E-state index in [1.807, 2.05) is 6.92 Å². The number of hydrogen-bond donors (Lipinski definition) is 3. The predicted octanol–water partition coefficient (Wildman–Crippen LogP) is 1.06. The van der Waals surface area contributed by atoms with E-state index in [1.54, 1.807) is 19.1 Å². The fraction of sp³-hybridized carbons (Fsp3) is 0.455. The number of hydrogen-bond acceptors (Lipinski definition) is 4. The molecule has 0 saturated heterocycles. The maximum absolute atomic E-state index is 11.4. The maximum Gasteiger partial charge on any atom is 0.345 e. The molecule has 17 heavy (non-hydrogen) atoms. The summed E-state index contributed by atoms with van der Waals surface area (Å²) in [7, 11) is 0. The van der Waals surface area contributed by atoms with Gasteiger partial charge in [0.25, 0.3) is 0 Å². The van der Waals surface area contributed by atoms with Crippen LogP contribution in [0.15, 0.2) is 12.1 Å². The van der Waals surface area contributed by atoms with E-state index in [4.69, 9.17) is 5.11 Å². The molecule has 0 bridgehead atoms. The number of nitrogens with one attached hydrogen (secondary N) is 2. The Morgan fingerprint density at radius 2 is 2.18 bits per heavy atom. The molecule has 0 radical (unpaired) electrons. The second-order valence-electron chi connectivity index (χ2n) is 3.57. The monoisotopic (exact) mass is 256 g/mol. The first-order valence-electron chi connectivity index (χ1n) is 5.37. The van der Waals surface area contributed by atoms with E-state index in [0.717, 1.165) is 4.88 Å². The number of aromatic carboxylic acids is 1. The fourth-order valence-electron chi connectivity index (χ4n) is 1.26. The molecule has 1 aromatic rings. The van der Waals surface area contributed by atoms with E-state index in [0.29, 0.717) is 18.0 Å². The van der Waals surface area contributed by atoms with Gasteiger partial charge in [-0.1, -0.05) is 0 Å². The first-order valence-corrected chi connectivity index (χ1v) is 6.19. The third-order valence-electron chi connectivity index (χ3n) is 2.20. The van der Waals surface area contributed by atoms with Gasteiger partial charge in [-0.2, -0.15) is 0 Å². The molecule has 0 aliphatic carbocycles. The van der Waals surface area contributed by atoms with Crippen molar-refractivity contribution in [3.05, 3.63) is 21.9 Å². The van der Waals surface area contributed by atoms with Gasteiger partial charge in [0.1, 0.15) is 4.88 Å². The number of thiophene rings is 1. The third kappa shape index (κ3) is 4.16. The van der Waals surface area contributed by atoms with Gasteiger partial charge >= 0.3 is 5.97 Å². The van der Waals surface area contributed by atoms with Gasteiger partial charge in [0.2, 0.25) is 5.91 Å². The minimum atomic E-state index is -0.918. The molecule has 1 rings (SSSR count). The zero-order chi connectivity index (χ0) is 12.8. The van der Waals surface area contributed by atoms with Crippen molar-refractivity contribution in [1.29, 1.82) is 0 Å². The van der Waals surface area contributed by atoms with Crippen molar-refractivity contribution < 1.29 is 14.7 Å². The van der Waals surface area contributed by atoms with Crippen LogP contribution in [0.3, 0.4) is 0 Å². The molecule has 1 heterocycles. The molecule has 3 N–H and O–H groups in total. The Morgan fingerprint density at radius 3 is 2.71 bits per heavy atom. The number of carbonyl (C=O) groups is 2. The zero-order valence-electron chi connectivity index (χ0n) is 9.82. The highest BCUT2D eigenvalue weighted by atomic mass is 32.1. The first kappa shape index (κ1) is 13.7. The molecule has 0 aliphatic rings. The summed E-state index contributed by atoms with van der Waals surface area (Å²) in [5.41, 5.74) is 0. The lowest BCUT2D eigenvalue weighted by molar-refractivity contribution is -0.122. The summed E-state index contributed by atoms with van der Waals surface area (Å²) >= 11 is 1.21. The number of carboxylic acid groups (broad SMARTS) is 1. The van der Waals surface area contributed by atoms with Gasteiger partial charge in [-0.15, -0.1) is 11.3 Å². The highest BCUT2D eigenvalue weighted by Gasteiger charge is 2.12. The zero-order valence-corrected chi connectivity index (χ0v) is 10.6. The molecule has 94 valence electrons. The molecule has 0 spiro atoms. The van der Waals surface area contributed by atoms with Crippen LogP contribution in [-0.4, -0.2) is 29.6 Å². The number of likely N-dealkylation sites (N-methyl/N-ethyl adjacent to an activating group) is 1. The normalized spacial score (nSPS) is 12.1. The summed E-state index contributed by atoms with van der Waals surface area (Å²) in [5.74, 6) is -0.972. The Morgan fingerprint density at radius 1 is 1.47 bits per heavy atom. The Balaban J connectivity index is 2.44. The van der Waals surface area contributed by atoms with Crippen molar-refractivity contribution >= 4 is 23.2 Å². The molecule has 1 amide bonds. The van der Waals surface area contributed by atoms with Crippen LogP contribution in [0.2, 0.25) is 0 Å². The van der Waals surface area contributed by atoms with Gasteiger partial charge in [0.15, 0.2) is 0 Å². The fourth-order valence-corrected chi connectivity index (χ4v) is 2.06. The standard InChI is InChI=1S/C11H16N2O3S/c1-3-12-10(14)7(2)13-6-8-4-5-9(17-8)11(15)16/h4-5,7,13H,3,6H2,1-2H3,(H,12,14)(H,15,16). The summed E-state index contributed by atoms with van der Waals surface area (Å²) in [5, 5.41) is 14.5.